The lowest BCUT2D eigenvalue weighted by molar-refractivity contribution is 0.0822. The number of hydrogen-bond donors (Lipinski definition) is 2. The van der Waals surface area contributed by atoms with Crippen LogP contribution in [0.2, 0.25) is 0 Å². The van der Waals surface area contributed by atoms with Gasteiger partial charge in [0.05, 0.1) is 12.2 Å². The molecule has 0 saturated heterocycles. The second-order valence-corrected chi connectivity index (χ2v) is 6.47. The van der Waals surface area contributed by atoms with Crippen molar-refractivity contribution in [2.24, 2.45) is 5.92 Å². The van der Waals surface area contributed by atoms with Gasteiger partial charge in [0, 0.05) is 17.6 Å². The molecule has 2 N–H and O–H groups in total. The van der Waals surface area contributed by atoms with Crippen LogP contribution in [0.25, 0.3) is 0 Å². The highest BCUT2D eigenvalue weighted by molar-refractivity contribution is 9.10. The maximum atomic E-state index is 10.2. The number of nitrogens with zero attached hydrogens (tertiary/aromatic N) is 1. The van der Waals surface area contributed by atoms with Gasteiger partial charge in [0.25, 0.3) is 0 Å². The molecule has 3 nitrogen and oxygen atoms in total. The Balaban J connectivity index is 1.86. The van der Waals surface area contributed by atoms with E-state index in [2.05, 4.69) is 20.8 Å². The molecular weight excluding hydrogens is 306 g/mol. The summed E-state index contributed by atoms with van der Waals surface area (Å²) in [5.74, 6) is 0.361. The van der Waals surface area contributed by atoms with E-state index in [1.165, 1.54) is 0 Å². The van der Waals surface area contributed by atoms with E-state index in [-0.39, 0.29) is 6.10 Å². The fourth-order valence-corrected chi connectivity index (χ4v) is 3.24. The van der Waals surface area contributed by atoms with E-state index in [1.54, 1.807) is 0 Å². The molecule has 1 aromatic carbocycles. The van der Waals surface area contributed by atoms with Crippen molar-refractivity contribution < 1.29 is 10.2 Å². The minimum absolute atomic E-state index is 0.162. The first-order valence-electron chi connectivity index (χ1n) is 6.86. The quantitative estimate of drug-likeness (QED) is 0.873. The minimum Gasteiger partial charge on any atom is -0.393 e. The van der Waals surface area contributed by atoms with Crippen molar-refractivity contribution in [1.82, 2.24) is 4.90 Å². The molecule has 0 spiro atoms. The Kier molecular flexibility index (Phi) is 5.39. The van der Waals surface area contributed by atoms with Gasteiger partial charge in [-0.15, -0.1) is 0 Å². The van der Waals surface area contributed by atoms with Crippen LogP contribution in [0.15, 0.2) is 28.7 Å². The number of aliphatic hydroxyl groups excluding tert-OH is 2. The van der Waals surface area contributed by atoms with E-state index in [4.69, 9.17) is 0 Å². The van der Waals surface area contributed by atoms with Gasteiger partial charge in [-0.25, -0.2) is 0 Å². The molecule has 1 saturated carbocycles. The van der Waals surface area contributed by atoms with Crippen molar-refractivity contribution in [3.05, 3.63) is 34.3 Å². The van der Waals surface area contributed by atoms with E-state index < -0.39 is 6.10 Å². The first-order chi connectivity index (χ1) is 9.06. The smallest absolute Gasteiger partial charge is 0.0917 e. The first-order valence-corrected chi connectivity index (χ1v) is 7.65. The van der Waals surface area contributed by atoms with Crippen LogP contribution in [0.5, 0.6) is 0 Å². The molecular formula is C15H22BrNO2. The maximum Gasteiger partial charge on any atom is 0.0917 e. The van der Waals surface area contributed by atoms with Gasteiger partial charge < -0.3 is 15.1 Å². The normalized spacial score (nSPS) is 24.9. The Morgan fingerprint density at radius 2 is 2.21 bits per heavy atom. The Labute approximate surface area is 123 Å². The molecule has 0 radical (unpaired) electrons. The average Bonchev–Trinajstić information content (AvgIpc) is 2.75. The zero-order valence-corrected chi connectivity index (χ0v) is 12.9. The molecule has 3 unspecified atom stereocenters. The molecule has 1 aromatic rings. The number of aliphatic hydroxyl groups is 2. The predicted octanol–water partition coefficient (Wildman–Crippen LogP) is 2.58. The fraction of sp³-hybridized carbons (Fsp3) is 0.600. The van der Waals surface area contributed by atoms with Gasteiger partial charge in [-0.1, -0.05) is 34.5 Å². The Morgan fingerprint density at radius 1 is 1.42 bits per heavy atom. The summed E-state index contributed by atoms with van der Waals surface area (Å²) in [6, 6.07) is 7.77. The monoisotopic (exact) mass is 327 g/mol. The molecule has 1 aliphatic carbocycles. The van der Waals surface area contributed by atoms with Crippen LogP contribution in [0.4, 0.5) is 0 Å². The molecule has 4 heteroatoms. The van der Waals surface area contributed by atoms with Gasteiger partial charge in [-0.3, -0.25) is 0 Å². The van der Waals surface area contributed by atoms with Crippen LogP contribution in [0.1, 0.15) is 30.9 Å². The summed E-state index contributed by atoms with van der Waals surface area (Å²) in [4.78, 5) is 2.12. The van der Waals surface area contributed by atoms with Crippen molar-refractivity contribution in [3.8, 4) is 0 Å². The third kappa shape index (κ3) is 4.28. The third-order valence-corrected chi connectivity index (χ3v) is 4.38. The van der Waals surface area contributed by atoms with E-state index in [1.807, 2.05) is 31.3 Å². The van der Waals surface area contributed by atoms with Crippen LogP contribution in [0.3, 0.4) is 0 Å². The molecule has 1 fully saturated rings. The number of hydrogen-bond acceptors (Lipinski definition) is 3. The lowest BCUT2D eigenvalue weighted by atomic mass is 10.0. The summed E-state index contributed by atoms with van der Waals surface area (Å²) < 4.78 is 0.984. The van der Waals surface area contributed by atoms with Crippen LogP contribution < -0.4 is 0 Å². The molecule has 106 valence electrons. The molecule has 1 aliphatic rings. The van der Waals surface area contributed by atoms with Crippen molar-refractivity contribution in [1.29, 1.82) is 0 Å². The van der Waals surface area contributed by atoms with Crippen molar-refractivity contribution >= 4 is 15.9 Å². The Bertz CT molecular complexity index is 413. The average molecular weight is 328 g/mol. The van der Waals surface area contributed by atoms with Crippen molar-refractivity contribution in [3.63, 3.8) is 0 Å². The summed E-state index contributed by atoms with van der Waals surface area (Å²) in [5, 5.41) is 20.1. The van der Waals surface area contributed by atoms with Crippen LogP contribution in [-0.4, -0.2) is 41.4 Å². The highest BCUT2D eigenvalue weighted by Gasteiger charge is 2.26. The number of likely N-dealkylation sites (N-methyl/N-ethyl adjacent to an activating group) is 1. The largest absolute Gasteiger partial charge is 0.393 e. The number of benzene rings is 1. The Morgan fingerprint density at radius 3 is 2.84 bits per heavy atom. The van der Waals surface area contributed by atoms with E-state index >= 15 is 0 Å². The fourth-order valence-electron chi connectivity index (χ4n) is 2.82. The molecule has 0 heterocycles. The van der Waals surface area contributed by atoms with Crippen LogP contribution >= 0.6 is 15.9 Å². The molecule has 2 rings (SSSR count). The van der Waals surface area contributed by atoms with Crippen molar-refractivity contribution in [2.75, 3.05) is 20.1 Å². The maximum absolute atomic E-state index is 10.2. The highest BCUT2D eigenvalue weighted by Crippen LogP contribution is 2.26. The molecule has 0 bridgehead atoms. The van der Waals surface area contributed by atoms with E-state index in [9.17, 15) is 10.2 Å². The van der Waals surface area contributed by atoms with Crippen LogP contribution in [-0.2, 0) is 0 Å². The zero-order chi connectivity index (χ0) is 13.8. The highest BCUT2D eigenvalue weighted by atomic mass is 79.9. The third-order valence-electron chi connectivity index (χ3n) is 3.88. The number of rotatable bonds is 5. The molecule has 0 amide bonds. The van der Waals surface area contributed by atoms with Crippen molar-refractivity contribution in [2.45, 2.75) is 31.5 Å². The van der Waals surface area contributed by atoms with Gasteiger partial charge in [-0.2, -0.15) is 0 Å². The topological polar surface area (TPSA) is 43.7 Å². The lowest BCUT2D eigenvalue weighted by Gasteiger charge is -2.25. The summed E-state index contributed by atoms with van der Waals surface area (Å²) in [6.45, 7) is 1.45. The van der Waals surface area contributed by atoms with Gasteiger partial charge in [-0.05, 0) is 43.5 Å². The minimum atomic E-state index is -0.485. The summed E-state index contributed by atoms with van der Waals surface area (Å²) in [5.41, 5.74) is 0.924. The van der Waals surface area contributed by atoms with E-state index in [0.29, 0.717) is 12.5 Å². The SMILES string of the molecule is CN(CC(O)c1cccc(Br)c1)CC1CCCC1O. The summed E-state index contributed by atoms with van der Waals surface area (Å²) in [7, 11) is 2.01. The number of halogens is 1. The van der Waals surface area contributed by atoms with Gasteiger partial charge >= 0.3 is 0 Å². The van der Waals surface area contributed by atoms with Gasteiger partial charge in [0.2, 0.25) is 0 Å². The molecule has 0 aromatic heterocycles. The molecule has 0 aliphatic heterocycles. The second kappa shape index (κ2) is 6.84. The summed E-state index contributed by atoms with van der Waals surface area (Å²) in [6.07, 6.45) is 2.49. The van der Waals surface area contributed by atoms with Gasteiger partial charge in [0.1, 0.15) is 0 Å². The molecule has 19 heavy (non-hydrogen) atoms. The zero-order valence-electron chi connectivity index (χ0n) is 11.3. The van der Waals surface area contributed by atoms with E-state index in [0.717, 1.165) is 35.8 Å². The van der Waals surface area contributed by atoms with Crippen LogP contribution in [0, 0.1) is 5.92 Å². The lowest BCUT2D eigenvalue weighted by Crippen LogP contribution is -2.32. The Hall–Kier alpha value is -0.420. The predicted molar refractivity (Wildman–Crippen MR) is 79.9 cm³/mol. The molecule has 3 atom stereocenters. The van der Waals surface area contributed by atoms with Gasteiger partial charge in [0.15, 0.2) is 0 Å². The first kappa shape index (κ1) is 15.0. The second-order valence-electron chi connectivity index (χ2n) is 5.55. The standard InChI is InChI=1S/C15H22BrNO2/c1-17(9-12-5-3-7-14(12)18)10-15(19)11-4-2-6-13(16)8-11/h2,4,6,8,12,14-15,18-19H,3,5,7,9-10H2,1H3. The summed E-state index contributed by atoms with van der Waals surface area (Å²) >= 11 is 3.42.